The van der Waals surface area contributed by atoms with Crippen LogP contribution in [0.3, 0.4) is 0 Å². The van der Waals surface area contributed by atoms with Crippen LogP contribution in [0.15, 0.2) is 64.7 Å². The highest BCUT2D eigenvalue weighted by atomic mass is 127. The fraction of sp³-hybridized carbons (Fsp3) is 0.192. The minimum atomic E-state index is -3.67. The molecule has 9 nitrogen and oxygen atoms in total. The molecule has 0 aliphatic rings. The second kappa shape index (κ2) is 10.9. The van der Waals surface area contributed by atoms with Gasteiger partial charge in [-0.15, -0.1) is 6.58 Å². The van der Waals surface area contributed by atoms with Crippen molar-refractivity contribution in [3.05, 3.63) is 91.0 Å². The highest BCUT2D eigenvalue weighted by Crippen LogP contribution is 2.32. The molecule has 13 heteroatoms. The molecule has 4 rings (SSSR count). The lowest BCUT2D eigenvalue weighted by atomic mass is 10.1. The van der Waals surface area contributed by atoms with E-state index in [0.29, 0.717) is 9.13 Å². The van der Waals surface area contributed by atoms with Gasteiger partial charge in [-0.2, -0.15) is 9.49 Å². The molecule has 0 amide bonds. The molecular weight excluding hydrogens is 643 g/mol. The summed E-state index contributed by atoms with van der Waals surface area (Å²) in [6, 6.07) is 10.4. The van der Waals surface area contributed by atoms with E-state index in [1.54, 1.807) is 18.2 Å². The Morgan fingerprint density at radius 1 is 1.13 bits per heavy atom. The van der Waals surface area contributed by atoms with Crippen LogP contribution in [0.5, 0.6) is 0 Å². The van der Waals surface area contributed by atoms with Gasteiger partial charge in [0.25, 0.3) is 11.1 Å². The fourth-order valence-corrected chi connectivity index (χ4v) is 5.02. The first-order chi connectivity index (χ1) is 18.4. The van der Waals surface area contributed by atoms with E-state index in [2.05, 4.69) is 21.7 Å². The topological polar surface area (TPSA) is 115 Å². The highest BCUT2D eigenvalue weighted by molar-refractivity contribution is 14.1. The Kier molecular flexibility index (Phi) is 7.93. The minimum Gasteiger partial charge on any atom is -0.350 e. The number of fused-ring (bicyclic) bond motifs is 1. The third-order valence-electron chi connectivity index (χ3n) is 5.94. The number of halogens is 3. The molecule has 0 aliphatic carbocycles. The van der Waals surface area contributed by atoms with Crippen molar-refractivity contribution in [1.82, 2.24) is 14.3 Å². The summed E-state index contributed by atoms with van der Waals surface area (Å²) < 4.78 is 60.1. The van der Waals surface area contributed by atoms with E-state index >= 15 is 4.39 Å². The number of sulfonamides is 1. The summed E-state index contributed by atoms with van der Waals surface area (Å²) in [5.74, 6) is -1.98. The molecule has 0 radical (unpaired) electrons. The summed E-state index contributed by atoms with van der Waals surface area (Å²) in [5.41, 5.74) is -1.81. The second-order valence-corrected chi connectivity index (χ2v) is 12.4. The average Bonchev–Trinajstić information content (AvgIpc) is 2.87. The molecule has 2 aromatic carbocycles. The summed E-state index contributed by atoms with van der Waals surface area (Å²) in [6.07, 6.45) is 1.42. The third-order valence-corrected chi connectivity index (χ3v) is 8.37. The Balaban J connectivity index is 2.07. The van der Waals surface area contributed by atoms with Crippen LogP contribution < -0.4 is 21.2 Å². The number of nitrogens with one attached hydrogen (secondary N) is 2. The molecule has 2 aromatic heterocycles. The number of allylic oxidation sites excluding steroid dienone is 1. The summed E-state index contributed by atoms with van der Waals surface area (Å²) in [4.78, 5) is 26.5. The monoisotopic (exact) mass is 667 g/mol. The molecule has 204 valence electrons. The van der Waals surface area contributed by atoms with Crippen LogP contribution in [-0.2, 0) is 23.6 Å². The Hall–Kier alpha value is -3.59. The average molecular weight is 667 g/mol. The van der Waals surface area contributed by atoms with E-state index in [1.807, 2.05) is 22.6 Å². The van der Waals surface area contributed by atoms with Crippen molar-refractivity contribution in [2.45, 2.75) is 25.6 Å². The number of anilines is 3. The van der Waals surface area contributed by atoms with Crippen LogP contribution in [0.1, 0.15) is 13.8 Å². The van der Waals surface area contributed by atoms with Crippen molar-refractivity contribution in [3.63, 3.8) is 0 Å². The van der Waals surface area contributed by atoms with Gasteiger partial charge in [-0.25, -0.2) is 17.5 Å². The minimum absolute atomic E-state index is 0.0241. The quantitative estimate of drug-likeness (QED) is 0.208. The van der Waals surface area contributed by atoms with Crippen molar-refractivity contribution in [1.29, 1.82) is 0 Å². The molecule has 0 fully saturated rings. The molecule has 0 bridgehead atoms. The first-order valence-corrected chi connectivity index (χ1v) is 14.3. The number of aromatic nitrogens is 3. The molecule has 0 spiro atoms. The van der Waals surface area contributed by atoms with E-state index in [9.17, 15) is 22.4 Å². The van der Waals surface area contributed by atoms with Crippen LogP contribution in [0.4, 0.5) is 25.8 Å². The standard InChI is InChI=1S/C26H24F2IN5O4S/c1-5-11-34-25(35)20-23(30-19-10-9-16(29)13-18(19)27)21(28)26(36)33(4)24(20)22(31-34)15-7-6-8-17(12-15)32-39(37,38)14(2)3/h5-10,12-14,30,32H,1,11H2,2-4H3. The normalized spacial score (nSPS) is 11.7. The van der Waals surface area contributed by atoms with Gasteiger partial charge in [0, 0.05) is 21.9 Å². The Morgan fingerprint density at radius 2 is 1.85 bits per heavy atom. The van der Waals surface area contributed by atoms with Gasteiger partial charge in [0.05, 0.1) is 34.1 Å². The van der Waals surface area contributed by atoms with Crippen LogP contribution in [0, 0.1) is 15.2 Å². The molecule has 0 saturated heterocycles. The van der Waals surface area contributed by atoms with Crippen LogP contribution in [0.25, 0.3) is 22.2 Å². The zero-order valence-electron chi connectivity index (χ0n) is 21.1. The van der Waals surface area contributed by atoms with Crippen LogP contribution >= 0.6 is 22.6 Å². The maximum absolute atomic E-state index is 15.5. The predicted octanol–water partition coefficient (Wildman–Crippen LogP) is 4.72. The van der Waals surface area contributed by atoms with Crippen molar-refractivity contribution >= 4 is 60.6 Å². The maximum atomic E-state index is 15.5. The Labute approximate surface area is 236 Å². The molecule has 0 aliphatic heterocycles. The largest absolute Gasteiger partial charge is 0.350 e. The van der Waals surface area contributed by atoms with Gasteiger partial charge in [-0.05, 0) is 66.8 Å². The van der Waals surface area contributed by atoms with Crippen LogP contribution in [0.2, 0.25) is 0 Å². The number of hydrogen-bond acceptors (Lipinski definition) is 6. The third kappa shape index (κ3) is 5.45. The van der Waals surface area contributed by atoms with Gasteiger partial charge in [0.2, 0.25) is 15.8 Å². The molecule has 0 saturated carbocycles. The lowest BCUT2D eigenvalue weighted by Crippen LogP contribution is -2.30. The Bertz CT molecular complexity index is 1850. The number of aryl methyl sites for hydroxylation is 1. The summed E-state index contributed by atoms with van der Waals surface area (Å²) >= 11 is 1.92. The van der Waals surface area contributed by atoms with Gasteiger partial charge in [0.15, 0.2) is 0 Å². The number of hydrogen-bond donors (Lipinski definition) is 2. The number of rotatable bonds is 8. The molecular formula is C26H24F2IN5O4S. The lowest BCUT2D eigenvalue weighted by Gasteiger charge is -2.18. The van der Waals surface area contributed by atoms with Gasteiger partial charge < -0.3 is 9.88 Å². The first kappa shape index (κ1) is 28.4. The lowest BCUT2D eigenvalue weighted by molar-refractivity contribution is 0.592. The second-order valence-electron chi connectivity index (χ2n) is 8.93. The summed E-state index contributed by atoms with van der Waals surface area (Å²) in [6.45, 7) is 6.64. The van der Waals surface area contributed by atoms with Gasteiger partial charge in [-0.3, -0.25) is 14.3 Å². The maximum Gasteiger partial charge on any atom is 0.289 e. The van der Waals surface area contributed by atoms with E-state index in [-0.39, 0.29) is 34.5 Å². The van der Waals surface area contributed by atoms with Crippen molar-refractivity contribution in [2.24, 2.45) is 7.05 Å². The Morgan fingerprint density at radius 3 is 2.49 bits per heavy atom. The first-order valence-electron chi connectivity index (χ1n) is 11.6. The van der Waals surface area contributed by atoms with E-state index in [1.165, 1.54) is 51.2 Å². The summed E-state index contributed by atoms with van der Waals surface area (Å²) in [7, 11) is -2.39. The molecule has 0 atom stereocenters. The zero-order valence-corrected chi connectivity index (χ0v) is 24.1. The highest BCUT2D eigenvalue weighted by Gasteiger charge is 2.25. The fourth-order valence-electron chi connectivity index (χ4n) is 3.88. The molecule has 2 N–H and O–H groups in total. The van der Waals surface area contributed by atoms with Crippen molar-refractivity contribution in [3.8, 4) is 11.3 Å². The zero-order chi connectivity index (χ0) is 28.6. The summed E-state index contributed by atoms with van der Waals surface area (Å²) in [5, 5.41) is 6.07. The van der Waals surface area contributed by atoms with E-state index in [4.69, 9.17) is 0 Å². The SMILES string of the molecule is C=CCn1nc(-c2cccc(NS(=O)(=O)C(C)C)c2)c2c(c(Nc3ccc(I)cc3F)c(F)c(=O)n2C)c1=O. The molecule has 0 unspecified atom stereocenters. The van der Waals surface area contributed by atoms with E-state index in [0.717, 1.165) is 9.25 Å². The number of benzene rings is 2. The molecule has 2 heterocycles. The van der Waals surface area contributed by atoms with E-state index < -0.39 is 43.7 Å². The van der Waals surface area contributed by atoms with Crippen LogP contribution in [-0.4, -0.2) is 28.0 Å². The van der Waals surface area contributed by atoms with Gasteiger partial charge in [-0.1, -0.05) is 18.2 Å². The number of pyridine rings is 1. The van der Waals surface area contributed by atoms with Crippen molar-refractivity contribution in [2.75, 3.05) is 10.0 Å². The molecule has 4 aromatic rings. The predicted molar refractivity (Wildman–Crippen MR) is 157 cm³/mol. The number of nitrogens with zero attached hydrogens (tertiary/aromatic N) is 3. The van der Waals surface area contributed by atoms with Gasteiger partial charge in [0.1, 0.15) is 11.5 Å². The van der Waals surface area contributed by atoms with Crippen molar-refractivity contribution < 1.29 is 17.2 Å². The smallest absolute Gasteiger partial charge is 0.289 e. The molecule has 39 heavy (non-hydrogen) atoms. The van der Waals surface area contributed by atoms with Gasteiger partial charge >= 0.3 is 0 Å².